The van der Waals surface area contributed by atoms with E-state index in [-0.39, 0.29) is 0 Å². The fourth-order valence-corrected chi connectivity index (χ4v) is 1.99. The van der Waals surface area contributed by atoms with Crippen molar-refractivity contribution in [3.63, 3.8) is 0 Å². The summed E-state index contributed by atoms with van der Waals surface area (Å²) in [5.41, 5.74) is 0.722. The molecule has 0 aliphatic carbocycles. The van der Waals surface area contributed by atoms with Gasteiger partial charge >= 0.3 is 0 Å². The summed E-state index contributed by atoms with van der Waals surface area (Å²) in [5, 5.41) is 0.753. The fourth-order valence-electron chi connectivity index (χ4n) is 1.99. The van der Waals surface area contributed by atoms with Gasteiger partial charge in [-0.1, -0.05) is 12.1 Å². The lowest BCUT2D eigenvalue weighted by molar-refractivity contribution is 0.355. The van der Waals surface area contributed by atoms with Crippen LogP contribution in [0.25, 0.3) is 10.9 Å². The number of nitrogens with zero attached hydrogens (tertiary/aromatic N) is 2. The Morgan fingerprint density at radius 3 is 2.38 bits per heavy atom. The van der Waals surface area contributed by atoms with E-state index in [0.29, 0.717) is 23.1 Å². The second-order valence-corrected chi connectivity index (χ2v) is 4.24. The summed E-state index contributed by atoms with van der Waals surface area (Å²) in [6, 6.07) is 13.7. The molecule has 0 bridgehead atoms. The average Bonchev–Trinajstić information content (AvgIpc) is 2.55. The van der Waals surface area contributed by atoms with Gasteiger partial charge in [-0.3, -0.25) is 0 Å². The quantitative estimate of drug-likeness (QED) is 0.734. The van der Waals surface area contributed by atoms with E-state index in [2.05, 4.69) is 16.0 Å². The highest BCUT2D eigenvalue weighted by Crippen LogP contribution is 2.35. The van der Waals surface area contributed by atoms with Crippen LogP contribution in [0.1, 0.15) is 0 Å². The fraction of sp³-hybridized carbons (Fsp3) is 0.125. The summed E-state index contributed by atoms with van der Waals surface area (Å²) in [4.78, 5) is 8.43. The van der Waals surface area contributed by atoms with E-state index < -0.39 is 0 Å². The van der Waals surface area contributed by atoms with Crippen molar-refractivity contribution in [2.75, 3.05) is 14.2 Å². The molecule has 5 nitrogen and oxygen atoms in total. The third kappa shape index (κ3) is 2.58. The van der Waals surface area contributed by atoms with Crippen LogP contribution in [0.4, 0.5) is 0 Å². The molecular weight excluding hydrogens is 268 g/mol. The number of rotatable bonds is 4. The van der Waals surface area contributed by atoms with Crippen LogP contribution in [0.2, 0.25) is 0 Å². The second kappa shape index (κ2) is 5.66. The van der Waals surface area contributed by atoms with Crippen LogP contribution in [-0.2, 0) is 0 Å². The van der Waals surface area contributed by atoms with Crippen LogP contribution in [-0.4, -0.2) is 24.2 Å². The van der Waals surface area contributed by atoms with Crippen molar-refractivity contribution in [1.82, 2.24) is 9.97 Å². The van der Waals surface area contributed by atoms with Gasteiger partial charge in [0, 0.05) is 6.07 Å². The minimum absolute atomic E-state index is 0.465. The molecule has 0 spiro atoms. The summed E-state index contributed by atoms with van der Waals surface area (Å²) >= 11 is 0. The predicted molar refractivity (Wildman–Crippen MR) is 78.0 cm³/mol. The van der Waals surface area contributed by atoms with Gasteiger partial charge in [0.15, 0.2) is 11.5 Å². The normalized spacial score (nSPS) is 10.4. The highest BCUT2D eigenvalue weighted by atomic mass is 16.5. The summed E-state index contributed by atoms with van der Waals surface area (Å²) in [6.07, 6.45) is 1.46. The molecule has 105 valence electrons. The van der Waals surface area contributed by atoms with Crippen molar-refractivity contribution in [2.24, 2.45) is 0 Å². The molecule has 0 atom stereocenters. The van der Waals surface area contributed by atoms with Crippen molar-refractivity contribution < 1.29 is 14.2 Å². The van der Waals surface area contributed by atoms with Gasteiger partial charge in [0.2, 0.25) is 5.88 Å². The number of benzene rings is 2. The Kier molecular flexibility index (Phi) is 3.55. The number of fused-ring (bicyclic) bond motifs is 1. The molecule has 0 N–H and O–H groups in total. The van der Waals surface area contributed by atoms with Gasteiger partial charge in [0.1, 0.15) is 12.1 Å². The first-order valence-electron chi connectivity index (χ1n) is 6.32. The largest absolute Gasteiger partial charge is 0.493 e. The predicted octanol–water partition coefficient (Wildman–Crippen LogP) is 3.24. The first-order chi connectivity index (χ1) is 10.3. The summed E-state index contributed by atoms with van der Waals surface area (Å²) in [7, 11) is 3.17. The number of hydrogen-bond donors (Lipinski definition) is 0. The van der Waals surface area contributed by atoms with Gasteiger partial charge in [-0.25, -0.2) is 9.97 Å². The smallest absolute Gasteiger partial charge is 0.230 e. The zero-order valence-corrected chi connectivity index (χ0v) is 11.7. The minimum Gasteiger partial charge on any atom is -0.493 e. The summed E-state index contributed by atoms with van der Waals surface area (Å²) < 4.78 is 16.4. The van der Waals surface area contributed by atoms with Crippen LogP contribution in [0.3, 0.4) is 0 Å². The molecule has 0 saturated carbocycles. The zero-order chi connectivity index (χ0) is 14.7. The second-order valence-electron chi connectivity index (χ2n) is 4.24. The van der Waals surface area contributed by atoms with Crippen molar-refractivity contribution in [3.8, 4) is 23.1 Å². The van der Waals surface area contributed by atoms with Crippen LogP contribution in [0.5, 0.6) is 23.1 Å². The lowest BCUT2D eigenvalue weighted by atomic mass is 10.2. The molecule has 0 aliphatic rings. The Morgan fingerprint density at radius 1 is 0.952 bits per heavy atom. The number of methoxy groups -OCH3 is 2. The molecule has 1 heterocycles. The molecule has 1 radical (unpaired) electrons. The Hall–Kier alpha value is -2.82. The topological polar surface area (TPSA) is 53.5 Å². The number of ether oxygens (including phenoxy) is 3. The molecule has 3 aromatic rings. The molecule has 21 heavy (non-hydrogen) atoms. The highest BCUT2D eigenvalue weighted by Gasteiger charge is 2.12. The Balaban J connectivity index is 2.10. The minimum atomic E-state index is 0.465. The molecule has 1 aromatic heterocycles. The molecule has 0 unspecified atom stereocenters. The van der Waals surface area contributed by atoms with Crippen molar-refractivity contribution >= 4 is 10.9 Å². The van der Waals surface area contributed by atoms with Crippen LogP contribution in [0.15, 0.2) is 42.7 Å². The molecule has 0 fully saturated rings. The van der Waals surface area contributed by atoms with Crippen molar-refractivity contribution in [3.05, 3.63) is 48.8 Å². The summed E-state index contributed by atoms with van der Waals surface area (Å²) in [5.74, 6) is 2.37. The maximum Gasteiger partial charge on any atom is 0.230 e. The van der Waals surface area contributed by atoms with Gasteiger partial charge in [-0.05, 0) is 24.3 Å². The highest BCUT2D eigenvalue weighted by molar-refractivity contribution is 5.86. The van der Waals surface area contributed by atoms with Crippen LogP contribution >= 0.6 is 0 Å². The molecule has 5 heteroatoms. The average molecular weight is 281 g/mol. The molecule has 3 rings (SSSR count). The number of aromatic nitrogens is 2. The standard InChI is InChI=1S/C16H13N2O3/c1-19-14-8-12-13(9-15(14)20-2)17-10-18-16(12)21-11-6-4-3-5-7-11/h4-10H,1-2H3. The Bertz CT molecular complexity index is 760. The van der Waals surface area contributed by atoms with E-state index in [1.807, 2.05) is 12.1 Å². The SMILES string of the molecule is COc1cc2ncnc(Oc3cc[c]cc3)c2cc1OC. The molecular formula is C16H13N2O3. The van der Waals surface area contributed by atoms with Gasteiger partial charge < -0.3 is 14.2 Å². The van der Waals surface area contributed by atoms with Crippen LogP contribution < -0.4 is 14.2 Å². The van der Waals surface area contributed by atoms with Gasteiger partial charge in [0.05, 0.1) is 25.1 Å². The van der Waals surface area contributed by atoms with E-state index in [1.54, 1.807) is 38.5 Å². The zero-order valence-electron chi connectivity index (χ0n) is 11.7. The lowest BCUT2D eigenvalue weighted by Gasteiger charge is -2.11. The monoisotopic (exact) mass is 281 g/mol. The molecule has 0 amide bonds. The van der Waals surface area contributed by atoms with Crippen molar-refractivity contribution in [2.45, 2.75) is 0 Å². The first-order valence-corrected chi connectivity index (χ1v) is 6.32. The van der Waals surface area contributed by atoms with E-state index in [0.717, 1.165) is 10.9 Å². The Morgan fingerprint density at radius 2 is 1.67 bits per heavy atom. The summed E-state index contributed by atoms with van der Waals surface area (Å²) in [6.45, 7) is 0. The first kappa shape index (κ1) is 13.2. The third-order valence-electron chi connectivity index (χ3n) is 3.01. The molecule has 2 aromatic carbocycles. The molecule has 0 saturated heterocycles. The molecule has 0 aliphatic heterocycles. The maximum absolute atomic E-state index is 5.80. The Labute approximate surface area is 122 Å². The number of hydrogen-bond acceptors (Lipinski definition) is 5. The van der Waals surface area contributed by atoms with E-state index in [9.17, 15) is 0 Å². The third-order valence-corrected chi connectivity index (χ3v) is 3.01. The van der Waals surface area contributed by atoms with Crippen LogP contribution in [0, 0.1) is 6.07 Å². The van der Waals surface area contributed by atoms with E-state index in [4.69, 9.17) is 14.2 Å². The van der Waals surface area contributed by atoms with E-state index in [1.165, 1.54) is 6.33 Å². The van der Waals surface area contributed by atoms with Gasteiger partial charge in [-0.2, -0.15) is 0 Å². The lowest BCUT2D eigenvalue weighted by Crippen LogP contribution is -1.95. The van der Waals surface area contributed by atoms with Gasteiger partial charge in [0.25, 0.3) is 0 Å². The van der Waals surface area contributed by atoms with Gasteiger partial charge in [-0.15, -0.1) is 0 Å². The van der Waals surface area contributed by atoms with Crippen molar-refractivity contribution in [1.29, 1.82) is 0 Å². The van der Waals surface area contributed by atoms with E-state index >= 15 is 0 Å². The maximum atomic E-state index is 5.80.